The van der Waals surface area contributed by atoms with Crippen molar-refractivity contribution in [1.29, 1.82) is 0 Å². The molecule has 0 bridgehead atoms. The van der Waals surface area contributed by atoms with Crippen molar-refractivity contribution in [2.75, 3.05) is 23.4 Å². The van der Waals surface area contributed by atoms with Crippen LogP contribution in [0.5, 0.6) is 0 Å². The maximum Gasteiger partial charge on any atom is 0.224 e. The lowest BCUT2D eigenvalue weighted by Gasteiger charge is -2.20. The third kappa shape index (κ3) is 5.07. The van der Waals surface area contributed by atoms with Gasteiger partial charge in [-0.25, -0.2) is 4.39 Å². The van der Waals surface area contributed by atoms with Gasteiger partial charge in [0, 0.05) is 12.1 Å². The summed E-state index contributed by atoms with van der Waals surface area (Å²) in [7, 11) is 0. The Balaban J connectivity index is 1.96. The number of anilines is 1. The highest BCUT2D eigenvalue weighted by Crippen LogP contribution is 2.25. The maximum absolute atomic E-state index is 13.5. The zero-order valence-electron chi connectivity index (χ0n) is 11.7. The number of rotatable bonds is 3. The van der Waals surface area contributed by atoms with Crippen molar-refractivity contribution >= 4 is 23.4 Å². The number of carbonyl (C=O) groups is 1. The first-order valence-electron chi connectivity index (χ1n) is 6.96. The van der Waals surface area contributed by atoms with Crippen LogP contribution in [0.3, 0.4) is 0 Å². The summed E-state index contributed by atoms with van der Waals surface area (Å²) < 4.78 is 13.5. The predicted molar refractivity (Wildman–Crippen MR) is 83.7 cm³/mol. The standard InChI is InChI=1S/C16H18FNO2S/c17-15-4-3-14(11-13(15)2-1-7-19)18-16(20)10-12-5-8-21-9-6-12/h3-4,11-12,19H,5-10H2,(H,18,20). The van der Waals surface area contributed by atoms with Gasteiger partial charge in [0.15, 0.2) is 0 Å². The lowest BCUT2D eigenvalue weighted by Crippen LogP contribution is -2.19. The Hall–Kier alpha value is -1.51. The van der Waals surface area contributed by atoms with Crippen LogP contribution in [-0.4, -0.2) is 29.1 Å². The number of carbonyl (C=O) groups excluding carboxylic acids is 1. The quantitative estimate of drug-likeness (QED) is 0.844. The van der Waals surface area contributed by atoms with Gasteiger partial charge in [-0.2, -0.15) is 11.8 Å². The molecule has 2 N–H and O–H groups in total. The topological polar surface area (TPSA) is 49.3 Å². The van der Waals surface area contributed by atoms with Gasteiger partial charge in [-0.15, -0.1) is 0 Å². The highest BCUT2D eigenvalue weighted by atomic mass is 32.2. The molecule has 1 amide bonds. The van der Waals surface area contributed by atoms with E-state index in [1.807, 2.05) is 11.8 Å². The average molecular weight is 307 g/mol. The van der Waals surface area contributed by atoms with Crippen LogP contribution in [0.4, 0.5) is 10.1 Å². The minimum Gasteiger partial charge on any atom is -0.384 e. The molecule has 0 spiro atoms. The van der Waals surface area contributed by atoms with Gasteiger partial charge in [0.05, 0.1) is 5.56 Å². The summed E-state index contributed by atoms with van der Waals surface area (Å²) in [5, 5.41) is 11.4. The van der Waals surface area contributed by atoms with Crippen molar-refractivity contribution < 1.29 is 14.3 Å². The van der Waals surface area contributed by atoms with Gasteiger partial charge in [0.2, 0.25) is 5.91 Å². The number of hydrogen-bond acceptors (Lipinski definition) is 3. The fraction of sp³-hybridized carbons (Fsp3) is 0.438. The van der Waals surface area contributed by atoms with E-state index in [0.717, 1.165) is 24.3 Å². The molecule has 0 atom stereocenters. The fourth-order valence-corrected chi connectivity index (χ4v) is 3.46. The van der Waals surface area contributed by atoms with Gasteiger partial charge in [-0.05, 0) is 48.5 Å². The summed E-state index contributed by atoms with van der Waals surface area (Å²) in [6, 6.07) is 4.29. The van der Waals surface area contributed by atoms with Crippen LogP contribution in [0, 0.1) is 23.6 Å². The van der Waals surface area contributed by atoms with Crippen LogP contribution >= 0.6 is 11.8 Å². The molecule has 5 heteroatoms. The van der Waals surface area contributed by atoms with E-state index in [4.69, 9.17) is 5.11 Å². The van der Waals surface area contributed by atoms with Gasteiger partial charge in [0.25, 0.3) is 0 Å². The normalized spacial score (nSPS) is 15.1. The molecule has 112 valence electrons. The zero-order valence-corrected chi connectivity index (χ0v) is 12.5. The van der Waals surface area contributed by atoms with E-state index in [9.17, 15) is 9.18 Å². The summed E-state index contributed by atoms with van der Waals surface area (Å²) in [6.07, 6.45) is 2.67. The van der Waals surface area contributed by atoms with Crippen molar-refractivity contribution in [3.8, 4) is 11.8 Å². The minimum absolute atomic E-state index is 0.0421. The lowest BCUT2D eigenvalue weighted by molar-refractivity contribution is -0.117. The zero-order chi connectivity index (χ0) is 15.1. The van der Waals surface area contributed by atoms with E-state index >= 15 is 0 Å². The van der Waals surface area contributed by atoms with Crippen molar-refractivity contribution in [3.05, 3.63) is 29.6 Å². The Labute approximate surface area is 128 Å². The maximum atomic E-state index is 13.5. The van der Waals surface area contributed by atoms with E-state index in [2.05, 4.69) is 17.2 Å². The first kappa shape index (κ1) is 15.9. The van der Waals surface area contributed by atoms with E-state index in [1.54, 1.807) is 0 Å². The number of aliphatic hydroxyl groups excluding tert-OH is 1. The molecular formula is C16H18FNO2S. The van der Waals surface area contributed by atoms with Gasteiger partial charge >= 0.3 is 0 Å². The Kier molecular flexibility index (Phi) is 6.09. The van der Waals surface area contributed by atoms with Crippen LogP contribution in [0.25, 0.3) is 0 Å². The number of nitrogens with one attached hydrogen (secondary N) is 1. The molecule has 1 aromatic rings. The van der Waals surface area contributed by atoms with Crippen LogP contribution in [0.2, 0.25) is 0 Å². The Morgan fingerprint density at radius 3 is 2.90 bits per heavy atom. The smallest absolute Gasteiger partial charge is 0.224 e. The molecule has 1 heterocycles. The second-order valence-corrected chi connectivity index (χ2v) is 6.19. The van der Waals surface area contributed by atoms with Crippen molar-refractivity contribution in [3.63, 3.8) is 0 Å². The monoisotopic (exact) mass is 307 g/mol. The van der Waals surface area contributed by atoms with E-state index in [1.165, 1.54) is 18.2 Å². The summed E-state index contributed by atoms with van der Waals surface area (Å²) in [5.74, 6) is 7.11. The molecule has 0 aromatic heterocycles. The van der Waals surface area contributed by atoms with E-state index in [-0.39, 0.29) is 18.1 Å². The fourth-order valence-electron chi connectivity index (χ4n) is 2.26. The number of halogens is 1. The van der Waals surface area contributed by atoms with Crippen molar-refractivity contribution in [1.82, 2.24) is 0 Å². The molecule has 0 saturated carbocycles. The van der Waals surface area contributed by atoms with Crippen LogP contribution in [0.15, 0.2) is 18.2 Å². The number of amides is 1. The largest absolute Gasteiger partial charge is 0.384 e. The predicted octanol–water partition coefficient (Wildman–Crippen LogP) is 2.64. The number of aliphatic hydroxyl groups is 1. The minimum atomic E-state index is -0.460. The molecule has 0 unspecified atom stereocenters. The molecule has 2 rings (SSSR count). The summed E-state index contributed by atoms with van der Waals surface area (Å²) in [6.45, 7) is -0.324. The molecule has 0 aliphatic carbocycles. The second kappa shape index (κ2) is 8.06. The van der Waals surface area contributed by atoms with E-state index in [0.29, 0.717) is 18.0 Å². The Bertz CT molecular complexity index is 559. The summed E-state index contributed by atoms with van der Waals surface area (Å²) in [5.41, 5.74) is 0.713. The molecule has 0 radical (unpaired) electrons. The van der Waals surface area contributed by atoms with E-state index < -0.39 is 5.82 Å². The average Bonchev–Trinajstić information content (AvgIpc) is 2.48. The molecule has 3 nitrogen and oxygen atoms in total. The first-order chi connectivity index (χ1) is 10.2. The van der Waals surface area contributed by atoms with Crippen LogP contribution in [-0.2, 0) is 4.79 Å². The van der Waals surface area contributed by atoms with Crippen molar-refractivity contribution in [2.45, 2.75) is 19.3 Å². The SMILES string of the molecule is O=C(CC1CCSCC1)Nc1ccc(F)c(C#CCO)c1. The van der Waals surface area contributed by atoms with Crippen LogP contribution in [0.1, 0.15) is 24.8 Å². The highest BCUT2D eigenvalue weighted by molar-refractivity contribution is 7.99. The second-order valence-electron chi connectivity index (χ2n) is 4.96. The third-order valence-electron chi connectivity index (χ3n) is 3.37. The summed E-state index contributed by atoms with van der Waals surface area (Å²) in [4.78, 5) is 12.0. The highest BCUT2D eigenvalue weighted by Gasteiger charge is 2.17. The molecule has 1 aliphatic heterocycles. The Morgan fingerprint density at radius 1 is 1.43 bits per heavy atom. The van der Waals surface area contributed by atoms with Crippen LogP contribution < -0.4 is 5.32 Å². The third-order valence-corrected chi connectivity index (χ3v) is 4.42. The number of hydrogen-bond donors (Lipinski definition) is 2. The molecule has 1 aromatic carbocycles. The number of benzene rings is 1. The first-order valence-corrected chi connectivity index (χ1v) is 8.11. The van der Waals surface area contributed by atoms with Gasteiger partial charge in [-0.3, -0.25) is 4.79 Å². The van der Waals surface area contributed by atoms with Gasteiger partial charge in [0.1, 0.15) is 12.4 Å². The molecule has 1 saturated heterocycles. The van der Waals surface area contributed by atoms with Gasteiger partial charge in [-0.1, -0.05) is 11.8 Å². The summed E-state index contributed by atoms with van der Waals surface area (Å²) >= 11 is 1.93. The molecule has 1 aliphatic rings. The number of thioether (sulfide) groups is 1. The van der Waals surface area contributed by atoms with Gasteiger partial charge < -0.3 is 10.4 Å². The van der Waals surface area contributed by atoms with Crippen molar-refractivity contribution in [2.24, 2.45) is 5.92 Å². The molecular weight excluding hydrogens is 289 g/mol. The Morgan fingerprint density at radius 2 is 2.19 bits per heavy atom. The lowest BCUT2D eigenvalue weighted by atomic mass is 9.98. The molecule has 1 fully saturated rings. The molecule has 21 heavy (non-hydrogen) atoms.